The van der Waals surface area contributed by atoms with Crippen LogP contribution in [0.1, 0.15) is 88.0 Å². The number of carbonyl (C=O) groups excluding carboxylic acids is 2. The van der Waals surface area contributed by atoms with E-state index in [2.05, 4.69) is 43.5 Å². The maximum atomic E-state index is 14.2. The summed E-state index contributed by atoms with van der Waals surface area (Å²) in [7, 11) is 0. The van der Waals surface area contributed by atoms with Crippen molar-refractivity contribution in [1.29, 1.82) is 0 Å². The van der Waals surface area contributed by atoms with E-state index in [1.54, 1.807) is 0 Å². The van der Waals surface area contributed by atoms with Crippen molar-refractivity contribution < 1.29 is 14.3 Å². The molecule has 10 nitrogen and oxygen atoms in total. The number of rotatable bonds is 4. The highest BCUT2D eigenvalue weighted by Gasteiger charge is 2.70. The molecule has 5 atom stereocenters. The summed E-state index contributed by atoms with van der Waals surface area (Å²) in [5.74, 6) is 1.58. The molecule has 8 rings (SSSR count). The van der Waals surface area contributed by atoms with Crippen molar-refractivity contribution in [3.63, 3.8) is 0 Å². The molecule has 1 spiro atoms. The van der Waals surface area contributed by atoms with E-state index in [0.717, 1.165) is 36.2 Å². The second-order valence-corrected chi connectivity index (χ2v) is 14.6. The first-order valence-electron chi connectivity index (χ1n) is 15.1. The lowest BCUT2D eigenvalue weighted by Crippen LogP contribution is -2.64. The van der Waals surface area contributed by atoms with Crippen LogP contribution in [-0.2, 0) is 21.5 Å². The molecule has 220 valence electrons. The molecule has 0 radical (unpaired) electrons. The van der Waals surface area contributed by atoms with Gasteiger partial charge in [-0.05, 0) is 111 Å². The van der Waals surface area contributed by atoms with E-state index in [1.165, 1.54) is 22.9 Å². The second kappa shape index (κ2) is 8.90. The average Bonchev–Trinajstić information content (AvgIpc) is 3.82. The molecular formula is C31H35BrN6O4. The number of aromatic nitrogens is 4. The van der Waals surface area contributed by atoms with Crippen LogP contribution in [0, 0.1) is 11.8 Å². The molecule has 42 heavy (non-hydrogen) atoms. The first kappa shape index (κ1) is 26.4. The van der Waals surface area contributed by atoms with Crippen LogP contribution >= 0.6 is 15.9 Å². The molecular weight excluding hydrogens is 600 g/mol. The fraction of sp³-hybridized carbons (Fsp3) is 0.581. The van der Waals surface area contributed by atoms with Crippen LogP contribution in [0.2, 0.25) is 0 Å². The van der Waals surface area contributed by atoms with Crippen LogP contribution in [0.15, 0.2) is 33.8 Å². The SMILES string of the molecule is CC(C)(C)OC(=O)N1CC[C@]2(c3c(n(CC(=O)Nc4ccc(C5CC5)cc4)c4nc(Br)nn4c3=O)[C@H]3C[C@H]32)[C@@H]2CC[C@@H]21. The van der Waals surface area contributed by atoms with Gasteiger partial charge < -0.3 is 19.5 Å². The highest BCUT2D eigenvalue weighted by Crippen LogP contribution is 2.72. The van der Waals surface area contributed by atoms with Crippen molar-refractivity contribution in [2.24, 2.45) is 11.8 Å². The van der Waals surface area contributed by atoms with Gasteiger partial charge in [-0.25, -0.2) is 4.79 Å². The first-order valence-corrected chi connectivity index (χ1v) is 15.9. The molecule has 0 bridgehead atoms. The van der Waals surface area contributed by atoms with Crippen LogP contribution in [0.25, 0.3) is 5.78 Å². The van der Waals surface area contributed by atoms with Gasteiger partial charge in [0.05, 0.1) is 0 Å². The summed E-state index contributed by atoms with van der Waals surface area (Å²) in [5.41, 5.74) is 2.76. The van der Waals surface area contributed by atoms with Gasteiger partial charge in [0, 0.05) is 40.9 Å². The number of piperidine rings is 1. The van der Waals surface area contributed by atoms with Crippen molar-refractivity contribution in [3.05, 3.63) is 56.2 Å². The van der Waals surface area contributed by atoms with E-state index < -0.39 is 5.60 Å². The maximum Gasteiger partial charge on any atom is 0.410 e. The third-order valence-corrected chi connectivity index (χ3v) is 10.6. The summed E-state index contributed by atoms with van der Waals surface area (Å²) in [6.45, 7) is 6.26. The Balaban J connectivity index is 1.15. The minimum Gasteiger partial charge on any atom is -0.444 e. The molecule has 5 aliphatic rings. The van der Waals surface area contributed by atoms with Crippen molar-refractivity contribution in [2.45, 2.75) is 94.7 Å². The Kier molecular flexibility index (Phi) is 5.60. The zero-order chi connectivity index (χ0) is 29.1. The summed E-state index contributed by atoms with van der Waals surface area (Å²) in [5, 5.41) is 7.46. The molecule has 2 aromatic heterocycles. The topological polar surface area (TPSA) is 111 Å². The number of benzene rings is 1. The highest BCUT2D eigenvalue weighted by molar-refractivity contribution is 9.10. The number of fused-ring (bicyclic) bond motifs is 8. The van der Waals surface area contributed by atoms with Crippen LogP contribution in [-0.4, -0.2) is 54.3 Å². The quantitative estimate of drug-likeness (QED) is 0.435. The number of hydrogen-bond donors (Lipinski definition) is 1. The zero-order valence-corrected chi connectivity index (χ0v) is 25.7. The predicted molar refractivity (Wildman–Crippen MR) is 159 cm³/mol. The minimum absolute atomic E-state index is 0.0407. The molecule has 1 aliphatic heterocycles. The van der Waals surface area contributed by atoms with Crippen LogP contribution in [0.4, 0.5) is 10.5 Å². The van der Waals surface area contributed by atoms with E-state index in [1.807, 2.05) is 42.4 Å². The average molecular weight is 636 g/mol. The van der Waals surface area contributed by atoms with Gasteiger partial charge in [0.15, 0.2) is 0 Å². The van der Waals surface area contributed by atoms with Gasteiger partial charge in [0.1, 0.15) is 12.1 Å². The van der Waals surface area contributed by atoms with Gasteiger partial charge >= 0.3 is 6.09 Å². The number of amides is 2. The van der Waals surface area contributed by atoms with Crippen molar-refractivity contribution in [3.8, 4) is 0 Å². The van der Waals surface area contributed by atoms with E-state index in [0.29, 0.717) is 35.3 Å². The van der Waals surface area contributed by atoms with E-state index in [4.69, 9.17) is 4.74 Å². The normalized spacial score (nSPS) is 29.1. The van der Waals surface area contributed by atoms with E-state index >= 15 is 0 Å². The fourth-order valence-corrected chi connectivity index (χ4v) is 8.63. The molecule has 3 heterocycles. The van der Waals surface area contributed by atoms with Gasteiger partial charge in [-0.2, -0.15) is 9.50 Å². The monoisotopic (exact) mass is 634 g/mol. The van der Waals surface area contributed by atoms with Crippen molar-refractivity contribution >= 4 is 39.4 Å². The number of nitrogens with zero attached hydrogens (tertiary/aromatic N) is 5. The number of ether oxygens (including phenoxy) is 1. The molecule has 11 heteroatoms. The molecule has 1 saturated heterocycles. The highest BCUT2D eigenvalue weighted by atomic mass is 79.9. The Morgan fingerprint density at radius 3 is 2.55 bits per heavy atom. The van der Waals surface area contributed by atoms with E-state index in [9.17, 15) is 14.4 Å². The lowest BCUT2D eigenvalue weighted by atomic mass is 9.54. The Hall–Kier alpha value is -3.21. The Morgan fingerprint density at radius 2 is 1.88 bits per heavy atom. The Morgan fingerprint density at radius 1 is 1.12 bits per heavy atom. The molecule has 3 saturated carbocycles. The third kappa shape index (κ3) is 3.91. The predicted octanol–water partition coefficient (Wildman–Crippen LogP) is 4.94. The lowest BCUT2D eigenvalue weighted by Gasteiger charge is -2.57. The number of halogens is 1. The largest absolute Gasteiger partial charge is 0.444 e. The molecule has 4 fully saturated rings. The molecule has 1 N–H and O–H groups in total. The molecule has 3 aromatic rings. The van der Waals surface area contributed by atoms with E-state index in [-0.39, 0.29) is 47.4 Å². The summed E-state index contributed by atoms with van der Waals surface area (Å²) in [4.78, 5) is 47.2. The van der Waals surface area contributed by atoms with Crippen LogP contribution < -0.4 is 10.9 Å². The van der Waals surface area contributed by atoms with Gasteiger partial charge in [0.25, 0.3) is 5.56 Å². The Labute approximate surface area is 251 Å². The number of carbonyl (C=O) groups is 2. The minimum atomic E-state index is -0.563. The molecule has 1 aromatic carbocycles. The number of nitrogens with one attached hydrogen (secondary N) is 1. The van der Waals surface area contributed by atoms with Crippen molar-refractivity contribution in [2.75, 3.05) is 11.9 Å². The van der Waals surface area contributed by atoms with Crippen LogP contribution in [0.3, 0.4) is 0 Å². The molecule has 0 unspecified atom stereocenters. The first-order chi connectivity index (χ1) is 20.0. The molecule has 2 amide bonds. The van der Waals surface area contributed by atoms with Crippen LogP contribution in [0.5, 0.6) is 0 Å². The molecule has 4 aliphatic carbocycles. The van der Waals surface area contributed by atoms with Gasteiger partial charge in [-0.15, -0.1) is 5.10 Å². The number of hydrogen-bond acceptors (Lipinski definition) is 6. The summed E-state index contributed by atoms with van der Waals surface area (Å²) in [6.07, 6.45) is 5.76. The zero-order valence-electron chi connectivity index (χ0n) is 24.1. The standard InChI is InChI=1S/C31H35BrN6O4/c1-30(2,3)42-29(41)36-13-12-31(20-10-11-22(20)36)21-14-19(21)25-24(31)26(40)38-28(34-27(32)35-38)37(25)15-23(39)33-18-8-6-17(7-9-18)16-4-5-16/h6-9,16,19-22H,4-5,10-15H2,1-3H3,(H,33,39)/t19-,20+,21+,22-,31-/m0/s1. The summed E-state index contributed by atoms with van der Waals surface area (Å²) < 4.78 is 9.36. The van der Waals surface area contributed by atoms with Gasteiger partial charge in [-0.1, -0.05) is 12.1 Å². The number of anilines is 1. The number of likely N-dealkylation sites (tertiary alicyclic amines) is 1. The summed E-state index contributed by atoms with van der Waals surface area (Å²) in [6, 6.07) is 8.16. The lowest BCUT2D eigenvalue weighted by molar-refractivity contribution is -0.116. The summed E-state index contributed by atoms with van der Waals surface area (Å²) >= 11 is 3.36. The van der Waals surface area contributed by atoms with Gasteiger partial charge in [-0.3, -0.25) is 9.59 Å². The Bertz CT molecular complexity index is 1700. The van der Waals surface area contributed by atoms with Crippen molar-refractivity contribution in [1.82, 2.24) is 24.1 Å². The third-order valence-electron chi connectivity index (χ3n) is 10.3. The second-order valence-electron chi connectivity index (χ2n) is 13.9. The van der Waals surface area contributed by atoms with Gasteiger partial charge in [0.2, 0.25) is 16.4 Å². The smallest absolute Gasteiger partial charge is 0.410 e. The maximum absolute atomic E-state index is 14.2. The fourth-order valence-electron chi connectivity index (χ4n) is 8.31.